The lowest BCUT2D eigenvalue weighted by Gasteiger charge is -2.09. The van der Waals surface area contributed by atoms with E-state index in [1.54, 1.807) is 12.1 Å². The highest BCUT2D eigenvalue weighted by Crippen LogP contribution is 2.31. The van der Waals surface area contributed by atoms with E-state index >= 15 is 0 Å². The van der Waals surface area contributed by atoms with Crippen molar-refractivity contribution in [2.75, 3.05) is 0 Å². The number of thiophene rings is 1. The molecule has 8 nitrogen and oxygen atoms in total. The Hall–Kier alpha value is -4.08. The van der Waals surface area contributed by atoms with Gasteiger partial charge in [-0.2, -0.15) is 10.5 Å². The summed E-state index contributed by atoms with van der Waals surface area (Å²) in [4.78, 5) is 34.7. The second kappa shape index (κ2) is 8.30. The van der Waals surface area contributed by atoms with E-state index < -0.39 is 11.2 Å². The van der Waals surface area contributed by atoms with Gasteiger partial charge in [-0.25, -0.2) is 14.3 Å². The van der Waals surface area contributed by atoms with Crippen LogP contribution in [0.2, 0.25) is 0 Å². The summed E-state index contributed by atoms with van der Waals surface area (Å²) < 4.78 is 2.59. The van der Waals surface area contributed by atoms with E-state index in [-0.39, 0.29) is 24.4 Å². The summed E-state index contributed by atoms with van der Waals surface area (Å²) in [5.41, 5.74) is -0.0624. The Morgan fingerprint density at radius 2 is 2.10 bits per heavy atom. The van der Waals surface area contributed by atoms with E-state index in [1.807, 2.05) is 12.1 Å². The van der Waals surface area contributed by atoms with Crippen LogP contribution in [0.1, 0.15) is 11.3 Å². The fourth-order valence-electron chi connectivity index (χ4n) is 2.78. The molecule has 0 saturated carbocycles. The third kappa shape index (κ3) is 3.55. The van der Waals surface area contributed by atoms with Crippen LogP contribution >= 0.6 is 11.3 Å². The highest BCUT2D eigenvalue weighted by Gasteiger charge is 2.20. The van der Waals surface area contributed by atoms with Gasteiger partial charge in [-0.15, -0.1) is 11.3 Å². The van der Waals surface area contributed by atoms with Crippen LogP contribution in [0.25, 0.3) is 21.6 Å². The number of aromatic nitrogens is 4. The minimum absolute atomic E-state index is 0.0825. The zero-order chi connectivity index (χ0) is 21.0. The summed E-state index contributed by atoms with van der Waals surface area (Å²) in [5.74, 6) is 0.0911. The molecule has 0 aliphatic rings. The van der Waals surface area contributed by atoms with E-state index in [0.717, 1.165) is 15.9 Å². The average Bonchev–Trinajstić information content (AvgIpc) is 3.17. The van der Waals surface area contributed by atoms with E-state index in [4.69, 9.17) is 5.26 Å². The van der Waals surface area contributed by atoms with E-state index in [2.05, 4.69) is 23.1 Å². The first-order valence-electron chi connectivity index (χ1n) is 8.38. The number of rotatable bonds is 6. The summed E-state index contributed by atoms with van der Waals surface area (Å²) in [6.07, 6.45) is 7.35. The Balaban J connectivity index is 2.40. The van der Waals surface area contributed by atoms with Crippen LogP contribution in [0.5, 0.6) is 0 Å². The quantitative estimate of drug-likeness (QED) is 0.462. The number of nitriles is 2. The highest BCUT2D eigenvalue weighted by molar-refractivity contribution is 7.20. The molecule has 3 rings (SSSR count). The number of hydrogen-bond donors (Lipinski definition) is 0. The van der Waals surface area contributed by atoms with Crippen LogP contribution in [-0.2, 0) is 6.54 Å². The molecule has 0 aromatic carbocycles. The summed E-state index contributed by atoms with van der Waals surface area (Å²) in [7, 11) is 0. The molecular formula is C20H14N6O2S. The second-order valence-corrected chi connectivity index (χ2v) is 6.83. The van der Waals surface area contributed by atoms with Gasteiger partial charge in [0.05, 0.1) is 35.8 Å². The molecule has 0 saturated heterocycles. The van der Waals surface area contributed by atoms with Gasteiger partial charge in [0.2, 0.25) is 0 Å². The fraction of sp³-hybridized carbons (Fsp3) is 0.100. The molecule has 0 atom stereocenters. The Morgan fingerprint density at radius 3 is 2.72 bits per heavy atom. The van der Waals surface area contributed by atoms with Crippen LogP contribution < -0.4 is 11.2 Å². The number of aryl methyl sites for hydroxylation is 1. The lowest BCUT2D eigenvalue weighted by atomic mass is 10.1. The standard InChI is InChI=1S/C20H14N6O2S/c1-3-5-14(13(2)11-22)16-10-15-18(29-16)19(27)26(17-12-23-7-8-24-17)20(28)25(15)9-4-6-21/h3,5,7-8,10,12H,1-2,4,9H2/b14-5+. The molecule has 3 heterocycles. The van der Waals surface area contributed by atoms with Crippen LogP contribution in [0.15, 0.2) is 65.1 Å². The third-order valence-corrected chi connectivity index (χ3v) is 5.20. The molecule has 0 aliphatic heterocycles. The highest BCUT2D eigenvalue weighted by atomic mass is 32.1. The van der Waals surface area contributed by atoms with Crippen molar-refractivity contribution < 1.29 is 0 Å². The summed E-state index contributed by atoms with van der Waals surface area (Å²) in [5, 5.41) is 18.2. The van der Waals surface area contributed by atoms with E-state index in [0.29, 0.717) is 20.7 Å². The fourth-order valence-corrected chi connectivity index (χ4v) is 3.92. The third-order valence-electron chi connectivity index (χ3n) is 4.06. The smallest absolute Gasteiger partial charge is 0.291 e. The van der Waals surface area contributed by atoms with Crippen LogP contribution in [0.3, 0.4) is 0 Å². The SMILES string of the molecule is C=C/C=C(\C(=C)C#N)c1cc2c(s1)c(=O)n(-c1cnccn1)c(=O)n2CCC#N. The van der Waals surface area contributed by atoms with Gasteiger partial charge >= 0.3 is 5.69 Å². The van der Waals surface area contributed by atoms with Crippen molar-refractivity contribution in [3.63, 3.8) is 0 Å². The van der Waals surface area contributed by atoms with Crippen molar-refractivity contribution in [2.45, 2.75) is 13.0 Å². The Bertz CT molecular complexity index is 1350. The maximum atomic E-state index is 13.1. The average molecular weight is 402 g/mol. The predicted octanol–water partition coefficient (Wildman–Crippen LogP) is 2.57. The zero-order valence-electron chi connectivity index (χ0n) is 15.2. The first-order chi connectivity index (χ1) is 14.0. The lowest BCUT2D eigenvalue weighted by molar-refractivity contribution is 0.658. The molecule has 0 fully saturated rings. The van der Waals surface area contributed by atoms with E-state index in [1.165, 1.54) is 29.2 Å². The van der Waals surface area contributed by atoms with Crippen molar-refractivity contribution in [1.82, 2.24) is 19.1 Å². The molecule has 0 radical (unpaired) electrons. The minimum atomic E-state index is -0.615. The van der Waals surface area contributed by atoms with Crippen molar-refractivity contribution in [3.8, 4) is 18.0 Å². The molecule has 9 heteroatoms. The Morgan fingerprint density at radius 1 is 1.31 bits per heavy atom. The Labute approximate surface area is 169 Å². The van der Waals surface area contributed by atoms with Crippen molar-refractivity contribution >= 4 is 27.1 Å². The van der Waals surface area contributed by atoms with Crippen molar-refractivity contribution in [3.05, 3.63) is 81.3 Å². The van der Waals surface area contributed by atoms with E-state index in [9.17, 15) is 14.9 Å². The van der Waals surface area contributed by atoms with Gasteiger partial charge in [-0.1, -0.05) is 25.3 Å². The number of fused-ring (bicyclic) bond motifs is 1. The number of nitrogens with zero attached hydrogens (tertiary/aromatic N) is 6. The first kappa shape index (κ1) is 19.7. The first-order valence-corrected chi connectivity index (χ1v) is 9.20. The molecule has 3 aromatic rings. The summed E-state index contributed by atoms with van der Waals surface area (Å²) in [6.45, 7) is 7.48. The van der Waals surface area contributed by atoms with Crippen LogP contribution in [0, 0.1) is 22.7 Å². The Kier molecular flexibility index (Phi) is 5.63. The van der Waals surface area contributed by atoms with Gasteiger partial charge in [0.25, 0.3) is 5.56 Å². The molecule has 0 N–H and O–H groups in total. The minimum Gasteiger partial charge on any atom is -0.291 e. The van der Waals surface area contributed by atoms with Crippen LogP contribution in [-0.4, -0.2) is 19.1 Å². The van der Waals surface area contributed by atoms with Gasteiger partial charge in [-0.3, -0.25) is 14.3 Å². The molecule has 0 bridgehead atoms. The molecule has 0 amide bonds. The molecule has 0 spiro atoms. The van der Waals surface area contributed by atoms with Crippen molar-refractivity contribution in [2.24, 2.45) is 0 Å². The largest absolute Gasteiger partial charge is 0.337 e. The normalized spacial score (nSPS) is 11.0. The topological polar surface area (TPSA) is 117 Å². The second-order valence-electron chi connectivity index (χ2n) is 5.78. The van der Waals surface area contributed by atoms with Crippen LogP contribution in [0.4, 0.5) is 0 Å². The van der Waals surface area contributed by atoms with Gasteiger partial charge < -0.3 is 0 Å². The molecule has 142 valence electrons. The molecule has 29 heavy (non-hydrogen) atoms. The number of hydrogen-bond acceptors (Lipinski definition) is 7. The molecule has 0 aliphatic carbocycles. The maximum absolute atomic E-state index is 13.1. The van der Waals surface area contributed by atoms with Gasteiger partial charge in [0.15, 0.2) is 5.82 Å². The van der Waals surface area contributed by atoms with Crippen molar-refractivity contribution in [1.29, 1.82) is 10.5 Å². The molecule has 0 unspecified atom stereocenters. The summed E-state index contributed by atoms with van der Waals surface area (Å²) >= 11 is 1.13. The molecular weight excluding hydrogens is 388 g/mol. The summed E-state index contributed by atoms with van der Waals surface area (Å²) in [6, 6.07) is 5.65. The van der Waals surface area contributed by atoms with Gasteiger partial charge in [0.1, 0.15) is 4.70 Å². The predicted molar refractivity (Wildman–Crippen MR) is 110 cm³/mol. The maximum Gasteiger partial charge on any atom is 0.337 e. The number of allylic oxidation sites excluding steroid dienone is 4. The monoisotopic (exact) mass is 402 g/mol. The van der Waals surface area contributed by atoms with Gasteiger partial charge in [-0.05, 0) is 6.07 Å². The zero-order valence-corrected chi connectivity index (χ0v) is 16.0. The lowest BCUT2D eigenvalue weighted by Crippen LogP contribution is -2.39. The van der Waals surface area contributed by atoms with Gasteiger partial charge in [0, 0.05) is 29.4 Å². The molecule has 3 aromatic heterocycles.